The van der Waals surface area contributed by atoms with Crippen molar-refractivity contribution >= 4 is 28.2 Å². The Morgan fingerprint density at radius 1 is 1.15 bits per heavy atom. The van der Waals surface area contributed by atoms with E-state index in [4.69, 9.17) is 4.74 Å². The minimum Gasteiger partial charge on any atom is -0.378 e. The molecule has 3 heterocycles. The molecule has 0 radical (unpaired) electrons. The second-order valence-electron chi connectivity index (χ2n) is 6.27. The fraction of sp³-hybridized carbons (Fsp3) is 0.263. The van der Waals surface area contributed by atoms with Crippen molar-refractivity contribution in [3.8, 4) is 0 Å². The van der Waals surface area contributed by atoms with E-state index in [0.29, 0.717) is 35.5 Å². The van der Waals surface area contributed by atoms with Crippen LogP contribution in [0.2, 0.25) is 0 Å². The van der Waals surface area contributed by atoms with Crippen molar-refractivity contribution in [3.05, 3.63) is 58.6 Å². The number of benzene rings is 1. The summed E-state index contributed by atoms with van der Waals surface area (Å²) < 4.78 is 5.34. The predicted molar refractivity (Wildman–Crippen MR) is 102 cm³/mol. The third kappa shape index (κ3) is 3.80. The fourth-order valence-corrected chi connectivity index (χ4v) is 3.11. The number of aromatic nitrogens is 3. The second kappa shape index (κ2) is 7.55. The molecule has 1 saturated heterocycles. The number of nitrogens with zero attached hydrogens (tertiary/aromatic N) is 3. The number of hydrogen-bond acceptors (Lipinski definition) is 6. The number of fused-ring (bicyclic) bond motifs is 1. The van der Waals surface area contributed by atoms with Crippen LogP contribution in [0.15, 0.2) is 47.4 Å². The second-order valence-corrected chi connectivity index (χ2v) is 6.27. The first kappa shape index (κ1) is 17.2. The number of nitrogens with one attached hydrogen (secondary N) is 2. The van der Waals surface area contributed by atoms with Crippen LogP contribution < -0.4 is 15.8 Å². The Labute approximate surface area is 155 Å². The standard InChI is InChI=1S/C19H19N5O3/c25-18(11-16-14-3-1-2-4-15(14)19(26)23-22-16)21-17-6-5-13(12-20-17)24-7-9-27-10-8-24/h1-6,12H,7-11H2,(H,23,26)(H,20,21,25). The van der Waals surface area contributed by atoms with Crippen LogP contribution in [-0.2, 0) is 16.0 Å². The molecule has 1 aliphatic rings. The summed E-state index contributed by atoms with van der Waals surface area (Å²) in [5.41, 5.74) is 1.26. The van der Waals surface area contributed by atoms with E-state index in [2.05, 4.69) is 25.4 Å². The van der Waals surface area contributed by atoms with Gasteiger partial charge in [-0.2, -0.15) is 5.10 Å². The molecule has 1 aromatic carbocycles. The van der Waals surface area contributed by atoms with E-state index in [1.165, 1.54) is 0 Å². The molecule has 8 nitrogen and oxygen atoms in total. The number of carbonyl (C=O) groups is 1. The monoisotopic (exact) mass is 365 g/mol. The Morgan fingerprint density at radius 3 is 2.67 bits per heavy atom. The number of morpholine rings is 1. The molecule has 1 fully saturated rings. The Morgan fingerprint density at radius 2 is 1.93 bits per heavy atom. The summed E-state index contributed by atoms with van der Waals surface area (Å²) >= 11 is 0. The lowest BCUT2D eigenvalue weighted by Gasteiger charge is -2.28. The predicted octanol–water partition coefficient (Wildman–Crippen LogP) is 1.34. The van der Waals surface area contributed by atoms with Crippen LogP contribution in [0.25, 0.3) is 10.8 Å². The molecule has 2 aromatic heterocycles. The topological polar surface area (TPSA) is 100 Å². The summed E-state index contributed by atoms with van der Waals surface area (Å²) in [4.78, 5) is 30.7. The van der Waals surface area contributed by atoms with E-state index in [1.807, 2.05) is 12.1 Å². The quantitative estimate of drug-likeness (QED) is 0.724. The highest BCUT2D eigenvalue weighted by molar-refractivity contribution is 5.94. The van der Waals surface area contributed by atoms with Gasteiger partial charge in [-0.15, -0.1) is 0 Å². The number of hydrogen-bond donors (Lipinski definition) is 2. The number of anilines is 2. The first-order valence-electron chi connectivity index (χ1n) is 8.75. The SMILES string of the molecule is O=C(Cc1n[nH]c(=O)c2ccccc12)Nc1ccc(N2CCOCC2)cn1. The van der Waals surface area contributed by atoms with Gasteiger partial charge in [-0.25, -0.2) is 10.1 Å². The highest BCUT2D eigenvalue weighted by Crippen LogP contribution is 2.17. The van der Waals surface area contributed by atoms with Gasteiger partial charge in [-0.05, 0) is 18.2 Å². The maximum absolute atomic E-state index is 12.4. The van der Waals surface area contributed by atoms with E-state index >= 15 is 0 Å². The van der Waals surface area contributed by atoms with Gasteiger partial charge < -0.3 is 15.0 Å². The van der Waals surface area contributed by atoms with Crippen molar-refractivity contribution < 1.29 is 9.53 Å². The fourth-order valence-electron chi connectivity index (χ4n) is 3.11. The van der Waals surface area contributed by atoms with Crippen molar-refractivity contribution in [3.63, 3.8) is 0 Å². The van der Waals surface area contributed by atoms with E-state index in [-0.39, 0.29) is 17.9 Å². The number of pyridine rings is 1. The van der Waals surface area contributed by atoms with Gasteiger partial charge in [-0.3, -0.25) is 9.59 Å². The molecule has 1 amide bonds. The van der Waals surface area contributed by atoms with Crippen molar-refractivity contribution in [1.29, 1.82) is 0 Å². The lowest BCUT2D eigenvalue weighted by Crippen LogP contribution is -2.36. The lowest BCUT2D eigenvalue weighted by atomic mass is 10.1. The average molecular weight is 365 g/mol. The maximum atomic E-state index is 12.4. The number of aromatic amines is 1. The molecule has 2 N–H and O–H groups in total. The zero-order chi connectivity index (χ0) is 18.6. The highest BCUT2D eigenvalue weighted by atomic mass is 16.5. The molecule has 138 valence electrons. The first-order chi connectivity index (χ1) is 13.2. The van der Waals surface area contributed by atoms with Crippen LogP contribution in [-0.4, -0.2) is 47.4 Å². The van der Waals surface area contributed by atoms with Crippen LogP contribution in [0.3, 0.4) is 0 Å². The zero-order valence-corrected chi connectivity index (χ0v) is 14.6. The molecule has 27 heavy (non-hydrogen) atoms. The summed E-state index contributed by atoms with van der Waals surface area (Å²) in [7, 11) is 0. The molecule has 0 saturated carbocycles. The lowest BCUT2D eigenvalue weighted by molar-refractivity contribution is -0.115. The van der Waals surface area contributed by atoms with E-state index in [0.717, 1.165) is 18.8 Å². The summed E-state index contributed by atoms with van der Waals surface area (Å²) in [6.07, 6.45) is 1.79. The molecule has 0 atom stereocenters. The molecule has 0 bridgehead atoms. The summed E-state index contributed by atoms with van der Waals surface area (Å²) in [6.45, 7) is 3.08. The normalized spacial score (nSPS) is 14.3. The van der Waals surface area contributed by atoms with Crippen LogP contribution in [0, 0.1) is 0 Å². The van der Waals surface area contributed by atoms with Crippen molar-refractivity contribution in [1.82, 2.24) is 15.2 Å². The first-order valence-corrected chi connectivity index (χ1v) is 8.75. The Kier molecular flexibility index (Phi) is 4.80. The van der Waals surface area contributed by atoms with Crippen molar-refractivity contribution in [2.45, 2.75) is 6.42 Å². The van der Waals surface area contributed by atoms with Crippen LogP contribution in [0.5, 0.6) is 0 Å². The van der Waals surface area contributed by atoms with Gasteiger partial charge in [0.1, 0.15) is 5.82 Å². The van der Waals surface area contributed by atoms with Gasteiger partial charge in [0.25, 0.3) is 5.56 Å². The van der Waals surface area contributed by atoms with Crippen LogP contribution >= 0.6 is 0 Å². The Bertz CT molecular complexity index is 1010. The molecule has 0 spiro atoms. The highest BCUT2D eigenvalue weighted by Gasteiger charge is 2.13. The molecular formula is C19H19N5O3. The minimum absolute atomic E-state index is 0.0458. The Balaban J connectivity index is 1.45. The molecule has 0 unspecified atom stereocenters. The summed E-state index contributed by atoms with van der Waals surface area (Å²) in [5, 5.41) is 10.4. The van der Waals surface area contributed by atoms with Crippen molar-refractivity contribution in [2.24, 2.45) is 0 Å². The van der Waals surface area contributed by atoms with Gasteiger partial charge in [0.05, 0.1) is 42.6 Å². The maximum Gasteiger partial charge on any atom is 0.272 e. The van der Waals surface area contributed by atoms with Gasteiger partial charge in [-0.1, -0.05) is 18.2 Å². The summed E-state index contributed by atoms with van der Waals surface area (Å²) in [5.74, 6) is 0.233. The summed E-state index contributed by atoms with van der Waals surface area (Å²) in [6, 6.07) is 10.8. The molecule has 0 aliphatic carbocycles. The number of ether oxygens (including phenoxy) is 1. The van der Waals surface area contributed by atoms with Crippen LogP contribution in [0.4, 0.5) is 11.5 Å². The number of amides is 1. The van der Waals surface area contributed by atoms with Gasteiger partial charge >= 0.3 is 0 Å². The number of carbonyl (C=O) groups excluding carboxylic acids is 1. The largest absolute Gasteiger partial charge is 0.378 e. The molecule has 1 aliphatic heterocycles. The molecule has 8 heteroatoms. The third-order valence-electron chi connectivity index (χ3n) is 4.49. The van der Waals surface area contributed by atoms with Gasteiger partial charge in [0, 0.05) is 18.5 Å². The number of H-pyrrole nitrogens is 1. The van der Waals surface area contributed by atoms with Gasteiger partial charge in [0.15, 0.2) is 0 Å². The van der Waals surface area contributed by atoms with Gasteiger partial charge in [0.2, 0.25) is 5.91 Å². The molecule has 4 rings (SSSR count). The average Bonchev–Trinajstić information content (AvgIpc) is 2.71. The number of rotatable bonds is 4. The van der Waals surface area contributed by atoms with E-state index < -0.39 is 0 Å². The van der Waals surface area contributed by atoms with Crippen LogP contribution in [0.1, 0.15) is 5.69 Å². The third-order valence-corrected chi connectivity index (χ3v) is 4.49. The van der Waals surface area contributed by atoms with E-state index in [1.54, 1.807) is 30.5 Å². The van der Waals surface area contributed by atoms with E-state index in [9.17, 15) is 9.59 Å². The van der Waals surface area contributed by atoms with Crippen molar-refractivity contribution in [2.75, 3.05) is 36.5 Å². The zero-order valence-electron chi connectivity index (χ0n) is 14.6. The minimum atomic E-state index is -0.268. The molecular weight excluding hydrogens is 346 g/mol. The Hall–Kier alpha value is -3.26. The smallest absolute Gasteiger partial charge is 0.272 e. The molecule has 3 aromatic rings.